The maximum atomic E-state index is 12.1. The molecule has 136 valence electrons. The van der Waals surface area contributed by atoms with Crippen LogP contribution < -0.4 is 5.32 Å². The van der Waals surface area contributed by atoms with Crippen LogP contribution >= 0.6 is 0 Å². The van der Waals surface area contributed by atoms with Crippen LogP contribution in [0.4, 0.5) is 5.69 Å². The van der Waals surface area contributed by atoms with Crippen LogP contribution in [0.15, 0.2) is 48.5 Å². The monoisotopic (exact) mass is 356 g/mol. The number of benzene rings is 2. The highest BCUT2D eigenvalue weighted by Gasteiger charge is 2.16. The quantitative estimate of drug-likeness (QED) is 0.466. The number of nitro groups is 1. The van der Waals surface area contributed by atoms with Crippen molar-refractivity contribution in [3.05, 3.63) is 75.3 Å². The molecular formula is C19H20N2O5. The van der Waals surface area contributed by atoms with Crippen molar-refractivity contribution >= 4 is 17.6 Å². The third-order valence-corrected chi connectivity index (χ3v) is 3.85. The molecule has 2 aromatic rings. The summed E-state index contributed by atoms with van der Waals surface area (Å²) >= 11 is 0. The Morgan fingerprint density at radius 1 is 1.19 bits per heavy atom. The van der Waals surface area contributed by atoms with Gasteiger partial charge < -0.3 is 10.1 Å². The van der Waals surface area contributed by atoms with Crippen molar-refractivity contribution in [3.8, 4) is 0 Å². The van der Waals surface area contributed by atoms with Crippen molar-refractivity contribution in [3.63, 3.8) is 0 Å². The number of non-ortho nitro benzene ring substituents is 1. The lowest BCUT2D eigenvalue weighted by molar-refractivity contribution is -0.384. The minimum atomic E-state index is -0.785. The van der Waals surface area contributed by atoms with Crippen molar-refractivity contribution in [1.29, 1.82) is 0 Å². The van der Waals surface area contributed by atoms with Gasteiger partial charge in [-0.05, 0) is 25.0 Å². The summed E-state index contributed by atoms with van der Waals surface area (Å²) in [5.41, 5.74) is 1.91. The normalized spacial score (nSPS) is 11.5. The number of nitro benzene ring substituents is 1. The minimum absolute atomic E-state index is 0.0255. The van der Waals surface area contributed by atoms with Gasteiger partial charge in [0.15, 0.2) is 6.61 Å². The van der Waals surface area contributed by atoms with Crippen molar-refractivity contribution in [1.82, 2.24) is 5.32 Å². The van der Waals surface area contributed by atoms with Crippen LogP contribution in [0, 0.1) is 17.0 Å². The lowest BCUT2D eigenvalue weighted by Crippen LogP contribution is -2.32. The van der Waals surface area contributed by atoms with Gasteiger partial charge >= 0.3 is 5.97 Å². The molecule has 0 aliphatic heterocycles. The van der Waals surface area contributed by atoms with E-state index in [2.05, 4.69) is 5.32 Å². The zero-order valence-corrected chi connectivity index (χ0v) is 14.6. The standard InChI is InChI=1S/C19H20N2O5/c1-3-17(14-9-7-13(2)8-10-14)20-18(22)12-26-19(23)15-5-4-6-16(11-15)21(24)25/h4-11,17H,3,12H2,1-2H3,(H,20,22)/t17-/m0/s1. The Morgan fingerprint density at radius 3 is 2.50 bits per heavy atom. The molecule has 1 N–H and O–H groups in total. The Kier molecular flexibility index (Phi) is 6.43. The molecule has 0 saturated carbocycles. The first-order valence-corrected chi connectivity index (χ1v) is 8.18. The fraction of sp³-hybridized carbons (Fsp3) is 0.263. The van der Waals surface area contributed by atoms with Crippen molar-refractivity contribution < 1.29 is 19.2 Å². The predicted octanol–water partition coefficient (Wildman–Crippen LogP) is 3.33. The van der Waals surface area contributed by atoms with Gasteiger partial charge in [-0.3, -0.25) is 14.9 Å². The molecule has 0 unspecified atom stereocenters. The topological polar surface area (TPSA) is 98.5 Å². The number of esters is 1. The summed E-state index contributed by atoms with van der Waals surface area (Å²) in [7, 11) is 0. The van der Waals surface area contributed by atoms with E-state index >= 15 is 0 Å². The molecule has 0 aliphatic carbocycles. The maximum absolute atomic E-state index is 12.1. The predicted molar refractivity (Wildman–Crippen MR) is 95.7 cm³/mol. The van der Waals surface area contributed by atoms with Crippen LogP contribution in [0.5, 0.6) is 0 Å². The van der Waals surface area contributed by atoms with Crippen LogP contribution in [0.1, 0.15) is 40.9 Å². The average Bonchev–Trinajstić information content (AvgIpc) is 2.65. The zero-order valence-electron chi connectivity index (χ0n) is 14.6. The van der Waals surface area contributed by atoms with Crippen LogP contribution in [0.3, 0.4) is 0 Å². The van der Waals surface area contributed by atoms with Crippen LogP contribution in [0.2, 0.25) is 0 Å². The third kappa shape index (κ3) is 5.14. The summed E-state index contributed by atoms with van der Waals surface area (Å²) in [4.78, 5) is 34.2. The molecule has 2 rings (SSSR count). The lowest BCUT2D eigenvalue weighted by Gasteiger charge is -2.17. The lowest BCUT2D eigenvalue weighted by atomic mass is 10.0. The molecule has 0 bridgehead atoms. The SMILES string of the molecule is CC[C@H](NC(=O)COC(=O)c1cccc([N+](=O)[O-])c1)c1ccc(C)cc1. The van der Waals surface area contributed by atoms with Crippen LogP contribution in [-0.4, -0.2) is 23.4 Å². The van der Waals surface area contributed by atoms with Crippen molar-refractivity contribution in [2.24, 2.45) is 0 Å². The fourth-order valence-corrected chi connectivity index (χ4v) is 2.42. The van der Waals surface area contributed by atoms with E-state index in [0.29, 0.717) is 6.42 Å². The zero-order chi connectivity index (χ0) is 19.1. The van der Waals surface area contributed by atoms with E-state index in [1.54, 1.807) is 0 Å². The first-order valence-electron chi connectivity index (χ1n) is 8.18. The molecule has 0 spiro atoms. The summed E-state index contributed by atoms with van der Waals surface area (Å²) in [5.74, 6) is -1.22. The first kappa shape index (κ1) is 19.1. The summed E-state index contributed by atoms with van der Waals surface area (Å²) in [6.45, 7) is 3.47. The smallest absolute Gasteiger partial charge is 0.338 e. The van der Waals surface area contributed by atoms with Gasteiger partial charge in [-0.15, -0.1) is 0 Å². The Hall–Kier alpha value is -3.22. The van der Waals surface area contributed by atoms with Gasteiger partial charge in [-0.2, -0.15) is 0 Å². The highest BCUT2D eigenvalue weighted by atomic mass is 16.6. The van der Waals surface area contributed by atoms with E-state index in [0.717, 1.165) is 17.2 Å². The van der Waals surface area contributed by atoms with Crippen molar-refractivity contribution in [2.75, 3.05) is 6.61 Å². The van der Waals surface area contributed by atoms with E-state index in [1.165, 1.54) is 18.2 Å². The van der Waals surface area contributed by atoms with Gasteiger partial charge in [0.2, 0.25) is 0 Å². The van der Waals surface area contributed by atoms with E-state index < -0.39 is 23.4 Å². The largest absolute Gasteiger partial charge is 0.452 e. The first-order chi connectivity index (χ1) is 12.4. The molecule has 0 aromatic heterocycles. The number of amides is 1. The molecule has 1 amide bonds. The van der Waals surface area contributed by atoms with Crippen LogP contribution in [0.25, 0.3) is 0 Å². The van der Waals surface area contributed by atoms with Gasteiger partial charge in [0.05, 0.1) is 16.5 Å². The molecule has 0 saturated heterocycles. The number of nitrogens with one attached hydrogen (secondary N) is 1. The molecule has 7 nitrogen and oxygen atoms in total. The van der Waals surface area contributed by atoms with E-state index in [9.17, 15) is 19.7 Å². The van der Waals surface area contributed by atoms with Crippen molar-refractivity contribution in [2.45, 2.75) is 26.3 Å². The molecule has 0 aliphatic rings. The highest BCUT2D eigenvalue weighted by Crippen LogP contribution is 2.17. The Morgan fingerprint density at radius 2 is 1.88 bits per heavy atom. The maximum Gasteiger partial charge on any atom is 0.338 e. The fourth-order valence-electron chi connectivity index (χ4n) is 2.42. The number of carbonyl (C=O) groups excluding carboxylic acids is 2. The van der Waals surface area contributed by atoms with Crippen LogP contribution in [-0.2, 0) is 9.53 Å². The average molecular weight is 356 g/mol. The molecule has 2 aromatic carbocycles. The second-order valence-electron chi connectivity index (χ2n) is 5.82. The minimum Gasteiger partial charge on any atom is -0.452 e. The molecule has 0 radical (unpaired) electrons. The van der Waals surface area contributed by atoms with E-state index in [1.807, 2.05) is 38.1 Å². The second kappa shape index (κ2) is 8.75. The van der Waals surface area contributed by atoms with Gasteiger partial charge in [0, 0.05) is 12.1 Å². The van der Waals surface area contributed by atoms with E-state index in [4.69, 9.17) is 4.74 Å². The number of hydrogen-bond donors (Lipinski definition) is 1. The summed E-state index contributed by atoms with van der Waals surface area (Å²) in [5, 5.41) is 13.6. The Bertz CT molecular complexity index is 802. The molecule has 26 heavy (non-hydrogen) atoms. The molecule has 7 heteroatoms. The summed E-state index contributed by atoms with van der Waals surface area (Å²) < 4.78 is 4.95. The van der Waals surface area contributed by atoms with Gasteiger partial charge in [-0.1, -0.05) is 42.8 Å². The number of rotatable bonds is 7. The molecule has 0 fully saturated rings. The van der Waals surface area contributed by atoms with E-state index in [-0.39, 0.29) is 17.3 Å². The number of carbonyl (C=O) groups is 2. The summed E-state index contributed by atoms with van der Waals surface area (Å²) in [6.07, 6.45) is 0.688. The number of ether oxygens (including phenoxy) is 1. The van der Waals surface area contributed by atoms with Gasteiger partial charge in [-0.25, -0.2) is 4.79 Å². The number of hydrogen-bond acceptors (Lipinski definition) is 5. The second-order valence-corrected chi connectivity index (χ2v) is 5.82. The third-order valence-electron chi connectivity index (χ3n) is 3.85. The highest BCUT2D eigenvalue weighted by molar-refractivity contribution is 5.92. The molecule has 0 heterocycles. The van der Waals surface area contributed by atoms with Gasteiger partial charge in [0.25, 0.3) is 11.6 Å². The Labute approximate surface area is 151 Å². The van der Waals surface area contributed by atoms with Gasteiger partial charge in [0.1, 0.15) is 0 Å². The number of nitrogens with zero attached hydrogens (tertiary/aromatic N) is 1. The Balaban J connectivity index is 1.93. The molecular weight excluding hydrogens is 336 g/mol. The summed E-state index contributed by atoms with van der Waals surface area (Å²) in [6, 6.07) is 12.8. The number of aryl methyl sites for hydroxylation is 1. The molecule has 1 atom stereocenters.